The Labute approximate surface area is 170 Å². The van der Waals surface area contributed by atoms with Gasteiger partial charge in [-0.25, -0.2) is 0 Å². The lowest BCUT2D eigenvalue weighted by Crippen LogP contribution is -2.38. The van der Waals surface area contributed by atoms with Crippen LogP contribution in [0.15, 0.2) is 40.0 Å². The van der Waals surface area contributed by atoms with Crippen LogP contribution >= 0.6 is 24.0 Å². The zero-order valence-electron chi connectivity index (χ0n) is 15.1. The summed E-state index contributed by atoms with van der Waals surface area (Å²) < 4.78 is 5.10. The Bertz CT molecular complexity index is 841. The predicted molar refractivity (Wildman–Crippen MR) is 114 cm³/mol. The quantitative estimate of drug-likeness (QED) is 0.282. The van der Waals surface area contributed by atoms with Crippen molar-refractivity contribution in [3.05, 3.63) is 47.7 Å². The molecule has 140 valence electrons. The molecule has 3 N–H and O–H groups in total. The molecule has 3 rings (SSSR count). The first kappa shape index (κ1) is 20.2. The van der Waals surface area contributed by atoms with Gasteiger partial charge in [-0.1, -0.05) is 23.4 Å². The lowest BCUT2D eigenvalue weighted by molar-refractivity contribution is 0.376. The Morgan fingerprint density at radius 1 is 1.23 bits per heavy atom. The van der Waals surface area contributed by atoms with Crippen molar-refractivity contribution in [1.29, 1.82) is 0 Å². The van der Waals surface area contributed by atoms with Crippen molar-refractivity contribution >= 4 is 40.8 Å². The average molecular weight is 468 g/mol. The largest absolute Gasteiger partial charge is 0.361 e. The van der Waals surface area contributed by atoms with Crippen LogP contribution in [0.2, 0.25) is 0 Å². The number of para-hydroxylation sites is 1. The van der Waals surface area contributed by atoms with Gasteiger partial charge in [0.05, 0.1) is 6.54 Å². The maximum atomic E-state index is 5.10. The standard InChI is InChI=1S/C18H24N6O.HI/c1-3-19-18(21-11-9-17-23-13(2)24-25-17)20-10-8-14-12-22-16-7-5-4-6-15(14)16;/h4-7,12,22H,3,8-11H2,1-2H3,(H2,19,20,21);1H. The number of H-pyrrole nitrogens is 1. The number of aliphatic imine (C=N–C) groups is 1. The summed E-state index contributed by atoms with van der Waals surface area (Å²) in [5, 5.41) is 11.7. The van der Waals surface area contributed by atoms with E-state index in [4.69, 9.17) is 4.52 Å². The number of aryl methyl sites for hydroxylation is 1. The molecule has 2 aromatic heterocycles. The van der Waals surface area contributed by atoms with Crippen LogP contribution in [0.1, 0.15) is 24.2 Å². The van der Waals surface area contributed by atoms with Crippen LogP contribution in [-0.4, -0.2) is 40.7 Å². The smallest absolute Gasteiger partial charge is 0.228 e. The van der Waals surface area contributed by atoms with Gasteiger partial charge in [0.15, 0.2) is 11.8 Å². The Morgan fingerprint density at radius 2 is 2.08 bits per heavy atom. The van der Waals surface area contributed by atoms with E-state index in [2.05, 4.69) is 62.1 Å². The van der Waals surface area contributed by atoms with E-state index in [-0.39, 0.29) is 24.0 Å². The van der Waals surface area contributed by atoms with E-state index >= 15 is 0 Å². The maximum absolute atomic E-state index is 5.10. The topological polar surface area (TPSA) is 91.1 Å². The minimum atomic E-state index is 0. The zero-order chi connectivity index (χ0) is 17.5. The molecule has 1 aromatic carbocycles. The first-order valence-electron chi connectivity index (χ1n) is 8.62. The highest BCUT2D eigenvalue weighted by atomic mass is 127. The predicted octanol–water partition coefficient (Wildman–Crippen LogP) is 2.82. The highest BCUT2D eigenvalue weighted by Crippen LogP contribution is 2.17. The molecule has 0 aliphatic rings. The molecule has 8 heteroatoms. The Morgan fingerprint density at radius 3 is 2.85 bits per heavy atom. The van der Waals surface area contributed by atoms with Gasteiger partial charge in [0.1, 0.15) is 0 Å². The van der Waals surface area contributed by atoms with E-state index < -0.39 is 0 Å². The number of halogens is 1. The minimum Gasteiger partial charge on any atom is -0.361 e. The zero-order valence-corrected chi connectivity index (χ0v) is 17.4. The molecule has 0 saturated carbocycles. The molecule has 26 heavy (non-hydrogen) atoms. The summed E-state index contributed by atoms with van der Waals surface area (Å²) in [6, 6.07) is 8.35. The average Bonchev–Trinajstić information content (AvgIpc) is 3.21. The monoisotopic (exact) mass is 468 g/mol. The van der Waals surface area contributed by atoms with Crippen LogP contribution in [0.3, 0.4) is 0 Å². The summed E-state index contributed by atoms with van der Waals surface area (Å²) in [6.07, 6.45) is 3.64. The second-order valence-electron chi connectivity index (χ2n) is 5.78. The fraction of sp³-hybridized carbons (Fsp3) is 0.389. The van der Waals surface area contributed by atoms with E-state index in [1.54, 1.807) is 0 Å². The molecule has 0 bridgehead atoms. The van der Waals surface area contributed by atoms with Crippen LogP contribution in [-0.2, 0) is 12.8 Å². The Hall–Kier alpha value is -2.10. The van der Waals surface area contributed by atoms with E-state index in [1.807, 2.05) is 13.0 Å². The van der Waals surface area contributed by atoms with Gasteiger partial charge < -0.3 is 20.1 Å². The van der Waals surface area contributed by atoms with Gasteiger partial charge in [0.25, 0.3) is 0 Å². The summed E-state index contributed by atoms with van der Waals surface area (Å²) in [4.78, 5) is 12.1. The number of rotatable bonds is 7. The summed E-state index contributed by atoms with van der Waals surface area (Å²) in [7, 11) is 0. The third-order valence-electron chi connectivity index (χ3n) is 3.87. The molecule has 0 radical (unpaired) electrons. The lowest BCUT2D eigenvalue weighted by atomic mass is 10.1. The number of hydrogen-bond donors (Lipinski definition) is 3. The summed E-state index contributed by atoms with van der Waals surface area (Å²) in [5.74, 6) is 2.08. The van der Waals surface area contributed by atoms with Crippen LogP contribution in [0.5, 0.6) is 0 Å². The third kappa shape index (κ3) is 5.45. The van der Waals surface area contributed by atoms with E-state index in [9.17, 15) is 0 Å². The van der Waals surface area contributed by atoms with Crippen molar-refractivity contribution in [2.24, 2.45) is 4.99 Å². The molecule has 3 aromatic rings. The van der Waals surface area contributed by atoms with Gasteiger partial charge in [0.2, 0.25) is 5.89 Å². The maximum Gasteiger partial charge on any atom is 0.228 e. The lowest BCUT2D eigenvalue weighted by Gasteiger charge is -2.10. The normalized spacial score (nSPS) is 11.4. The number of nitrogens with one attached hydrogen (secondary N) is 3. The first-order valence-corrected chi connectivity index (χ1v) is 8.62. The van der Waals surface area contributed by atoms with Crippen molar-refractivity contribution in [2.75, 3.05) is 19.6 Å². The highest BCUT2D eigenvalue weighted by molar-refractivity contribution is 14.0. The number of aromatic nitrogens is 3. The van der Waals surface area contributed by atoms with E-state index in [0.717, 1.165) is 25.5 Å². The van der Waals surface area contributed by atoms with E-state index in [1.165, 1.54) is 16.5 Å². The van der Waals surface area contributed by atoms with Crippen LogP contribution < -0.4 is 10.6 Å². The van der Waals surface area contributed by atoms with Gasteiger partial charge in [-0.15, -0.1) is 24.0 Å². The molecule has 0 saturated heterocycles. The van der Waals surface area contributed by atoms with Crippen LogP contribution in [0, 0.1) is 6.92 Å². The fourth-order valence-corrected chi connectivity index (χ4v) is 2.70. The van der Waals surface area contributed by atoms with Crippen LogP contribution in [0.4, 0.5) is 0 Å². The van der Waals surface area contributed by atoms with Crippen molar-refractivity contribution in [2.45, 2.75) is 26.7 Å². The minimum absolute atomic E-state index is 0. The summed E-state index contributed by atoms with van der Waals surface area (Å²) >= 11 is 0. The molecule has 0 spiro atoms. The van der Waals surface area contributed by atoms with Gasteiger partial charge in [-0.05, 0) is 31.9 Å². The number of benzene rings is 1. The molecular formula is C18H25IN6O. The van der Waals surface area contributed by atoms with Crippen LogP contribution in [0.25, 0.3) is 10.9 Å². The van der Waals surface area contributed by atoms with E-state index in [0.29, 0.717) is 24.7 Å². The number of guanidine groups is 1. The molecular weight excluding hydrogens is 443 g/mol. The fourth-order valence-electron chi connectivity index (χ4n) is 2.70. The number of hydrogen-bond acceptors (Lipinski definition) is 4. The summed E-state index contributed by atoms with van der Waals surface area (Å²) in [5.41, 5.74) is 2.48. The molecule has 0 amide bonds. The second kappa shape index (κ2) is 10.1. The molecule has 7 nitrogen and oxygen atoms in total. The summed E-state index contributed by atoms with van der Waals surface area (Å²) in [6.45, 7) is 6.10. The Balaban J connectivity index is 0.00000243. The first-order chi connectivity index (χ1) is 12.3. The third-order valence-corrected chi connectivity index (χ3v) is 3.87. The molecule has 0 aliphatic heterocycles. The molecule has 0 fully saturated rings. The number of nitrogens with zero attached hydrogens (tertiary/aromatic N) is 3. The van der Waals surface area contributed by atoms with Gasteiger partial charge in [0, 0.05) is 36.6 Å². The second-order valence-corrected chi connectivity index (χ2v) is 5.78. The van der Waals surface area contributed by atoms with Crippen molar-refractivity contribution in [3.8, 4) is 0 Å². The molecule has 2 heterocycles. The Kier molecular flexibility index (Phi) is 7.89. The molecule has 0 aliphatic carbocycles. The van der Waals surface area contributed by atoms with Gasteiger partial charge in [-0.3, -0.25) is 4.99 Å². The SMILES string of the molecule is CCNC(=NCCc1nc(C)no1)NCCc1c[nH]c2ccccc12.I. The number of fused-ring (bicyclic) bond motifs is 1. The highest BCUT2D eigenvalue weighted by Gasteiger charge is 2.04. The number of aromatic amines is 1. The van der Waals surface area contributed by atoms with Crippen molar-refractivity contribution in [3.63, 3.8) is 0 Å². The van der Waals surface area contributed by atoms with Gasteiger partial charge >= 0.3 is 0 Å². The van der Waals surface area contributed by atoms with Gasteiger partial charge in [-0.2, -0.15) is 4.98 Å². The van der Waals surface area contributed by atoms with Crippen molar-refractivity contribution < 1.29 is 4.52 Å². The van der Waals surface area contributed by atoms with Crippen molar-refractivity contribution in [1.82, 2.24) is 25.8 Å². The molecule has 0 atom stereocenters. The molecule has 0 unspecified atom stereocenters.